The molecule has 2 N–H and O–H groups in total. The summed E-state index contributed by atoms with van der Waals surface area (Å²) >= 11 is 6.85. The van der Waals surface area contributed by atoms with E-state index >= 15 is 0 Å². The Morgan fingerprint density at radius 3 is 2.75 bits per heavy atom. The molecule has 7 heteroatoms. The molecular weight excluding hydrogens is 390 g/mol. The summed E-state index contributed by atoms with van der Waals surface area (Å²) in [7, 11) is 0. The molecule has 0 bridgehead atoms. The number of rotatable bonds is 6. The van der Waals surface area contributed by atoms with Gasteiger partial charge < -0.3 is 10.1 Å². The largest absolute Gasteiger partial charge is 0.494 e. The molecule has 146 valence electrons. The predicted molar refractivity (Wildman–Crippen MR) is 116 cm³/mol. The maximum atomic E-state index is 12.4. The molecule has 0 radical (unpaired) electrons. The first-order chi connectivity index (χ1) is 13.6. The van der Waals surface area contributed by atoms with Crippen molar-refractivity contribution < 1.29 is 9.53 Å². The number of ether oxygens (including phenoxy) is 1. The Labute approximate surface area is 174 Å². The Hall–Kier alpha value is -2.43. The van der Waals surface area contributed by atoms with Gasteiger partial charge in [0.1, 0.15) is 16.8 Å². The predicted octanol–water partition coefficient (Wildman–Crippen LogP) is 4.80. The number of thiocarbonyl (C=S) groups is 1. The second-order valence-corrected chi connectivity index (χ2v) is 8.17. The van der Waals surface area contributed by atoms with Crippen LogP contribution in [0.3, 0.4) is 0 Å². The minimum atomic E-state index is -0.294. The number of amides is 1. The maximum absolute atomic E-state index is 12.4. The Bertz CT molecular complexity index is 898. The molecule has 1 aromatic heterocycles. The number of thiophene rings is 1. The molecule has 1 heterocycles. The summed E-state index contributed by atoms with van der Waals surface area (Å²) in [5, 5.41) is 16.2. The first-order valence-corrected chi connectivity index (χ1v) is 10.7. The average Bonchev–Trinajstić information content (AvgIpc) is 3.05. The summed E-state index contributed by atoms with van der Waals surface area (Å²) in [5.41, 5.74) is 2.29. The molecule has 0 aliphatic heterocycles. The number of carbonyl (C=O) groups excluding carboxylic acids is 1. The zero-order valence-corrected chi connectivity index (χ0v) is 17.5. The molecule has 2 aromatic rings. The minimum Gasteiger partial charge on any atom is -0.494 e. The monoisotopic (exact) mass is 413 g/mol. The van der Waals surface area contributed by atoms with Crippen LogP contribution in [-0.2, 0) is 12.8 Å². The van der Waals surface area contributed by atoms with Gasteiger partial charge in [-0.2, -0.15) is 5.26 Å². The molecule has 28 heavy (non-hydrogen) atoms. The van der Waals surface area contributed by atoms with Crippen molar-refractivity contribution in [3.05, 3.63) is 45.8 Å². The van der Waals surface area contributed by atoms with Crippen LogP contribution < -0.4 is 15.4 Å². The van der Waals surface area contributed by atoms with Crippen LogP contribution in [0.25, 0.3) is 0 Å². The quantitative estimate of drug-likeness (QED) is 0.525. The molecule has 0 saturated heterocycles. The van der Waals surface area contributed by atoms with E-state index in [1.54, 1.807) is 35.6 Å². The molecule has 0 fully saturated rings. The SMILES string of the molecule is CCCCOc1ccc(C(=O)NC(=S)Nc2sc3c(c2C#N)CCCC3)cc1. The molecule has 0 unspecified atom stereocenters. The van der Waals surface area contributed by atoms with Crippen LogP contribution in [0, 0.1) is 11.3 Å². The van der Waals surface area contributed by atoms with Gasteiger partial charge in [-0.15, -0.1) is 11.3 Å². The normalized spacial score (nSPS) is 12.6. The summed E-state index contributed by atoms with van der Waals surface area (Å²) in [5.74, 6) is 0.450. The molecule has 0 atom stereocenters. The van der Waals surface area contributed by atoms with Gasteiger partial charge in [-0.1, -0.05) is 13.3 Å². The second-order valence-electron chi connectivity index (χ2n) is 6.66. The molecule has 3 rings (SSSR count). The van der Waals surface area contributed by atoms with Gasteiger partial charge in [0.25, 0.3) is 5.91 Å². The van der Waals surface area contributed by atoms with Crippen LogP contribution in [-0.4, -0.2) is 17.6 Å². The van der Waals surface area contributed by atoms with E-state index in [4.69, 9.17) is 17.0 Å². The Morgan fingerprint density at radius 2 is 2.04 bits per heavy atom. The van der Waals surface area contributed by atoms with E-state index in [2.05, 4.69) is 23.6 Å². The summed E-state index contributed by atoms with van der Waals surface area (Å²) in [6.45, 7) is 2.78. The van der Waals surface area contributed by atoms with Crippen molar-refractivity contribution in [3.8, 4) is 11.8 Å². The third kappa shape index (κ3) is 4.89. The molecule has 0 spiro atoms. The van der Waals surface area contributed by atoms with Crippen molar-refractivity contribution in [2.75, 3.05) is 11.9 Å². The van der Waals surface area contributed by atoms with Crippen molar-refractivity contribution >= 4 is 39.6 Å². The summed E-state index contributed by atoms with van der Waals surface area (Å²) in [6, 6.07) is 9.27. The molecule has 5 nitrogen and oxygen atoms in total. The van der Waals surface area contributed by atoms with Gasteiger partial charge in [0, 0.05) is 10.4 Å². The fourth-order valence-corrected chi connectivity index (χ4v) is 4.62. The smallest absolute Gasteiger partial charge is 0.257 e. The summed E-state index contributed by atoms with van der Waals surface area (Å²) in [4.78, 5) is 13.7. The number of carbonyl (C=O) groups is 1. The highest BCUT2D eigenvalue weighted by Crippen LogP contribution is 2.37. The first-order valence-electron chi connectivity index (χ1n) is 9.52. The van der Waals surface area contributed by atoms with E-state index in [0.717, 1.165) is 54.8 Å². The molecule has 1 aromatic carbocycles. The second kappa shape index (κ2) is 9.67. The first kappa shape index (κ1) is 20.3. The topological polar surface area (TPSA) is 74.2 Å². The number of hydrogen-bond acceptors (Lipinski definition) is 5. The maximum Gasteiger partial charge on any atom is 0.257 e. The molecular formula is C21H23N3O2S2. The number of unbranched alkanes of at least 4 members (excludes halogenated alkanes) is 1. The number of aryl methyl sites for hydroxylation is 1. The van der Waals surface area contributed by atoms with E-state index in [1.165, 1.54) is 4.88 Å². The lowest BCUT2D eigenvalue weighted by Crippen LogP contribution is -2.34. The van der Waals surface area contributed by atoms with Gasteiger partial charge >= 0.3 is 0 Å². The lowest BCUT2D eigenvalue weighted by molar-refractivity contribution is 0.0977. The Morgan fingerprint density at radius 1 is 1.29 bits per heavy atom. The van der Waals surface area contributed by atoms with Gasteiger partial charge in [-0.05, 0) is 74.2 Å². The van der Waals surface area contributed by atoms with E-state index < -0.39 is 0 Å². The van der Waals surface area contributed by atoms with Crippen molar-refractivity contribution in [1.82, 2.24) is 5.32 Å². The van der Waals surface area contributed by atoms with E-state index in [0.29, 0.717) is 17.7 Å². The highest BCUT2D eigenvalue weighted by atomic mass is 32.1. The standard InChI is InChI=1S/C21H23N3O2S2/c1-2-3-12-26-15-10-8-14(9-11-15)19(25)23-21(27)24-20-17(13-22)16-6-4-5-7-18(16)28-20/h8-11H,2-7,12H2,1H3,(H2,23,24,25,27). The highest BCUT2D eigenvalue weighted by Gasteiger charge is 2.21. The lowest BCUT2D eigenvalue weighted by Gasteiger charge is -2.10. The van der Waals surface area contributed by atoms with Crippen LogP contribution >= 0.6 is 23.6 Å². The van der Waals surface area contributed by atoms with Crippen LogP contribution in [0.4, 0.5) is 5.00 Å². The third-order valence-corrected chi connectivity index (χ3v) is 6.03. The molecule has 1 amide bonds. The van der Waals surface area contributed by atoms with Crippen LogP contribution in [0.1, 0.15) is 59.0 Å². The Kier molecular flexibility index (Phi) is 7.01. The van der Waals surface area contributed by atoms with Crippen LogP contribution in [0.15, 0.2) is 24.3 Å². The zero-order chi connectivity index (χ0) is 19.9. The highest BCUT2D eigenvalue weighted by molar-refractivity contribution is 7.80. The molecule has 1 aliphatic rings. The molecule has 1 aliphatic carbocycles. The average molecular weight is 414 g/mol. The fraction of sp³-hybridized carbons (Fsp3) is 0.381. The van der Waals surface area contributed by atoms with E-state index in [-0.39, 0.29) is 11.0 Å². The van der Waals surface area contributed by atoms with Gasteiger partial charge in [-0.3, -0.25) is 10.1 Å². The van der Waals surface area contributed by atoms with Gasteiger partial charge in [0.15, 0.2) is 5.11 Å². The number of fused-ring (bicyclic) bond motifs is 1. The minimum absolute atomic E-state index is 0.198. The number of nitrogens with zero attached hydrogens (tertiary/aromatic N) is 1. The van der Waals surface area contributed by atoms with Crippen molar-refractivity contribution in [2.45, 2.75) is 45.4 Å². The summed E-state index contributed by atoms with van der Waals surface area (Å²) < 4.78 is 5.61. The Balaban J connectivity index is 1.60. The van der Waals surface area contributed by atoms with Crippen molar-refractivity contribution in [1.29, 1.82) is 5.26 Å². The number of benzene rings is 1. The number of hydrogen-bond donors (Lipinski definition) is 2. The number of anilines is 1. The summed E-state index contributed by atoms with van der Waals surface area (Å²) in [6.07, 6.45) is 6.27. The van der Waals surface area contributed by atoms with E-state index in [9.17, 15) is 10.1 Å². The number of nitriles is 1. The number of nitrogens with one attached hydrogen (secondary N) is 2. The fourth-order valence-electron chi connectivity index (χ4n) is 3.12. The van der Waals surface area contributed by atoms with Crippen LogP contribution in [0.5, 0.6) is 5.75 Å². The van der Waals surface area contributed by atoms with Gasteiger partial charge in [-0.25, -0.2) is 0 Å². The van der Waals surface area contributed by atoms with E-state index in [1.807, 2.05) is 0 Å². The zero-order valence-electron chi connectivity index (χ0n) is 15.8. The lowest BCUT2D eigenvalue weighted by atomic mass is 9.96. The van der Waals surface area contributed by atoms with Gasteiger partial charge in [0.05, 0.1) is 12.2 Å². The van der Waals surface area contributed by atoms with Gasteiger partial charge in [0.2, 0.25) is 0 Å². The third-order valence-electron chi connectivity index (χ3n) is 4.62. The molecule has 0 saturated carbocycles. The van der Waals surface area contributed by atoms with Crippen LogP contribution in [0.2, 0.25) is 0 Å². The van der Waals surface area contributed by atoms with Crippen molar-refractivity contribution in [3.63, 3.8) is 0 Å². The van der Waals surface area contributed by atoms with Crippen molar-refractivity contribution in [2.24, 2.45) is 0 Å².